The van der Waals surface area contributed by atoms with E-state index in [2.05, 4.69) is 15.6 Å². The molecule has 1 amide bonds. The summed E-state index contributed by atoms with van der Waals surface area (Å²) < 4.78 is 68.4. The molecule has 1 aromatic heterocycles. The highest BCUT2D eigenvalue weighted by atomic mass is 19.4. The zero-order valence-electron chi connectivity index (χ0n) is 24.2. The Morgan fingerprint density at radius 3 is 2.44 bits per heavy atom. The summed E-state index contributed by atoms with van der Waals surface area (Å²) >= 11 is 0. The number of carbonyl (C=O) groups is 1. The van der Waals surface area contributed by atoms with E-state index < -0.39 is 41.3 Å². The Hall–Kier alpha value is -3.94. The lowest BCUT2D eigenvalue weighted by Crippen LogP contribution is -2.52. The topological polar surface area (TPSA) is 116 Å². The zero-order chi connectivity index (χ0) is 31.6. The van der Waals surface area contributed by atoms with Crippen molar-refractivity contribution in [1.29, 1.82) is 0 Å². The van der Waals surface area contributed by atoms with Crippen molar-refractivity contribution in [3.63, 3.8) is 0 Å². The molecule has 0 saturated heterocycles. The predicted octanol–water partition coefficient (Wildman–Crippen LogP) is 3.72. The maximum absolute atomic E-state index is 14.7. The van der Waals surface area contributed by atoms with E-state index in [1.807, 2.05) is 18.7 Å². The molecule has 232 valence electrons. The van der Waals surface area contributed by atoms with Crippen LogP contribution >= 0.6 is 0 Å². The van der Waals surface area contributed by atoms with E-state index in [-0.39, 0.29) is 36.0 Å². The molecule has 1 aliphatic rings. The van der Waals surface area contributed by atoms with Gasteiger partial charge < -0.3 is 35.2 Å². The second kappa shape index (κ2) is 12.3. The van der Waals surface area contributed by atoms with Crippen LogP contribution in [0.5, 0.6) is 11.5 Å². The van der Waals surface area contributed by atoms with Gasteiger partial charge in [-0.25, -0.2) is 9.37 Å². The quantitative estimate of drug-likeness (QED) is 0.244. The summed E-state index contributed by atoms with van der Waals surface area (Å²) in [5.74, 6) is -1.08. The maximum atomic E-state index is 14.7. The molecule has 0 fully saturated rings. The number of alkyl halides is 3. The number of rotatable bonds is 11. The van der Waals surface area contributed by atoms with Crippen LogP contribution in [0.2, 0.25) is 0 Å². The molecule has 0 aliphatic carbocycles. The number of amides is 1. The molecule has 0 saturated carbocycles. The number of halogens is 4. The number of hydrogen-bond donors (Lipinski definition) is 4. The Balaban J connectivity index is 1.77. The number of benzene rings is 2. The number of pyridine rings is 1. The first kappa shape index (κ1) is 32.0. The summed E-state index contributed by atoms with van der Waals surface area (Å²) in [6.45, 7) is 3.09. The number of aromatic nitrogens is 1. The van der Waals surface area contributed by atoms with Gasteiger partial charge >= 0.3 is 6.18 Å². The number of hydrogen-bond acceptors (Lipinski definition) is 8. The standard InChI is InChI=1S/C30H34F4N4O5/c1-5-36-28(2)17-38(3)26-21(28)15-24(37-25(26)18-6-9-20(31)10-7-18)29(41,30(32,33)34)16-35-27(40)19-8-11-22(43-13-12-39)23(14-19)42-4/h6-11,14-15,36,39,41H,5,12-13,16-17H2,1-4H3,(H,35,40). The van der Waals surface area contributed by atoms with Crippen molar-refractivity contribution in [3.05, 3.63) is 71.2 Å². The van der Waals surface area contributed by atoms with Crippen LogP contribution in [0, 0.1) is 5.82 Å². The van der Waals surface area contributed by atoms with Crippen molar-refractivity contribution in [1.82, 2.24) is 15.6 Å². The van der Waals surface area contributed by atoms with Crippen LogP contribution < -0.4 is 25.0 Å². The van der Waals surface area contributed by atoms with Crippen molar-refractivity contribution in [2.45, 2.75) is 31.2 Å². The molecule has 3 aromatic rings. The van der Waals surface area contributed by atoms with E-state index >= 15 is 0 Å². The van der Waals surface area contributed by atoms with Crippen LogP contribution in [-0.2, 0) is 11.1 Å². The number of anilines is 1. The van der Waals surface area contributed by atoms with Gasteiger partial charge in [0.2, 0.25) is 5.60 Å². The molecule has 2 unspecified atom stereocenters. The Labute approximate surface area is 246 Å². The molecule has 1 aliphatic heterocycles. The van der Waals surface area contributed by atoms with E-state index in [9.17, 15) is 27.5 Å². The Bertz CT molecular complexity index is 1470. The van der Waals surface area contributed by atoms with Gasteiger partial charge in [-0.1, -0.05) is 6.92 Å². The van der Waals surface area contributed by atoms with E-state index in [1.54, 1.807) is 7.05 Å². The number of carbonyl (C=O) groups excluding carboxylic acids is 1. The van der Waals surface area contributed by atoms with Gasteiger partial charge in [0.05, 0.1) is 42.9 Å². The molecule has 2 aromatic carbocycles. The monoisotopic (exact) mass is 606 g/mol. The Kier molecular flexibility index (Phi) is 9.19. The van der Waals surface area contributed by atoms with Gasteiger partial charge in [0.1, 0.15) is 12.4 Å². The predicted molar refractivity (Wildman–Crippen MR) is 152 cm³/mol. The van der Waals surface area contributed by atoms with Gasteiger partial charge in [-0.2, -0.15) is 13.2 Å². The minimum absolute atomic E-state index is 0.0309. The van der Waals surface area contributed by atoms with E-state index in [1.165, 1.54) is 55.6 Å². The third kappa shape index (κ3) is 6.24. The second-order valence-corrected chi connectivity index (χ2v) is 10.5. The summed E-state index contributed by atoms with van der Waals surface area (Å²) in [6, 6.07) is 10.4. The molecule has 0 spiro atoms. The van der Waals surface area contributed by atoms with Crippen molar-refractivity contribution >= 4 is 11.6 Å². The molecule has 4 rings (SSSR count). The normalized spacial score (nSPS) is 17.8. The number of likely N-dealkylation sites (N-methyl/N-ethyl adjacent to an activating group) is 2. The number of nitrogens with one attached hydrogen (secondary N) is 2. The van der Waals surface area contributed by atoms with Gasteiger partial charge in [0, 0.05) is 30.3 Å². The first-order valence-electron chi connectivity index (χ1n) is 13.5. The smallest absolute Gasteiger partial charge is 0.424 e. The third-order valence-corrected chi connectivity index (χ3v) is 7.38. The second-order valence-electron chi connectivity index (χ2n) is 10.5. The number of ether oxygens (including phenoxy) is 2. The molecular weight excluding hydrogens is 572 g/mol. The molecule has 0 radical (unpaired) electrons. The maximum Gasteiger partial charge on any atom is 0.424 e. The van der Waals surface area contributed by atoms with Crippen molar-refractivity contribution in [2.24, 2.45) is 0 Å². The molecule has 0 bridgehead atoms. The largest absolute Gasteiger partial charge is 0.493 e. The van der Waals surface area contributed by atoms with Gasteiger partial charge in [-0.15, -0.1) is 0 Å². The van der Waals surface area contributed by atoms with Crippen LogP contribution in [0.25, 0.3) is 11.3 Å². The summed E-state index contributed by atoms with van der Waals surface area (Å²) in [6.07, 6.45) is -5.25. The van der Waals surface area contributed by atoms with Crippen molar-refractivity contribution < 1.29 is 42.0 Å². The highest BCUT2D eigenvalue weighted by Gasteiger charge is 2.57. The van der Waals surface area contributed by atoms with Gasteiger partial charge in [0.15, 0.2) is 11.5 Å². The van der Waals surface area contributed by atoms with Crippen LogP contribution in [0.15, 0.2) is 48.5 Å². The lowest BCUT2D eigenvalue weighted by atomic mass is 9.88. The SMILES string of the molecule is CCNC1(C)CN(C)c2c1cc(C(O)(CNC(=O)c1ccc(OCCO)c(OC)c1)C(F)(F)F)nc2-c1ccc(F)cc1. The molecule has 2 atom stereocenters. The minimum atomic E-state index is -5.25. The molecule has 9 nitrogen and oxygen atoms in total. The molecule has 13 heteroatoms. The fourth-order valence-electron chi connectivity index (χ4n) is 5.28. The summed E-state index contributed by atoms with van der Waals surface area (Å²) in [4.78, 5) is 19.1. The number of aliphatic hydroxyl groups is 2. The molecule has 4 N–H and O–H groups in total. The van der Waals surface area contributed by atoms with Crippen LogP contribution in [0.4, 0.5) is 23.2 Å². The molecular formula is C30H34F4N4O5. The first-order valence-corrected chi connectivity index (χ1v) is 13.5. The Morgan fingerprint density at radius 2 is 1.84 bits per heavy atom. The average molecular weight is 607 g/mol. The lowest BCUT2D eigenvalue weighted by molar-refractivity contribution is -0.265. The lowest BCUT2D eigenvalue weighted by Gasteiger charge is -2.32. The van der Waals surface area contributed by atoms with Crippen LogP contribution in [0.3, 0.4) is 0 Å². The first-order chi connectivity index (χ1) is 20.3. The number of methoxy groups -OCH3 is 1. The summed E-state index contributed by atoms with van der Waals surface area (Å²) in [5, 5.41) is 25.8. The minimum Gasteiger partial charge on any atom is -0.493 e. The molecule has 43 heavy (non-hydrogen) atoms. The average Bonchev–Trinajstić information content (AvgIpc) is 3.23. The van der Waals surface area contributed by atoms with Gasteiger partial charge in [-0.3, -0.25) is 4.79 Å². The van der Waals surface area contributed by atoms with Crippen molar-refractivity contribution in [2.75, 3.05) is 51.9 Å². The van der Waals surface area contributed by atoms with Gasteiger partial charge in [0.25, 0.3) is 5.91 Å². The highest BCUT2D eigenvalue weighted by molar-refractivity contribution is 5.95. The fourth-order valence-corrected chi connectivity index (χ4v) is 5.28. The zero-order valence-corrected chi connectivity index (χ0v) is 24.2. The van der Waals surface area contributed by atoms with E-state index in [0.717, 1.165) is 0 Å². The summed E-state index contributed by atoms with van der Waals surface area (Å²) in [7, 11) is 3.10. The van der Waals surface area contributed by atoms with E-state index in [0.29, 0.717) is 29.9 Å². The fraction of sp³-hybridized carbons (Fsp3) is 0.400. The van der Waals surface area contributed by atoms with E-state index in [4.69, 9.17) is 14.6 Å². The number of aliphatic hydroxyl groups excluding tert-OH is 1. The number of nitrogens with zero attached hydrogens (tertiary/aromatic N) is 2. The molecule has 2 heterocycles. The van der Waals surface area contributed by atoms with Gasteiger partial charge in [-0.05, 0) is 62.0 Å². The summed E-state index contributed by atoms with van der Waals surface area (Å²) in [5.41, 5.74) is -3.64. The third-order valence-electron chi connectivity index (χ3n) is 7.38. The van der Waals surface area contributed by atoms with Crippen LogP contribution in [-0.4, -0.2) is 74.3 Å². The highest BCUT2D eigenvalue weighted by Crippen LogP contribution is 2.47. The number of fused-ring (bicyclic) bond motifs is 1. The Morgan fingerprint density at radius 1 is 1.14 bits per heavy atom. The van der Waals surface area contributed by atoms with Crippen molar-refractivity contribution in [3.8, 4) is 22.8 Å². The van der Waals surface area contributed by atoms with Crippen LogP contribution in [0.1, 0.15) is 35.5 Å².